The lowest BCUT2D eigenvalue weighted by Crippen LogP contribution is -2.42. The van der Waals surface area contributed by atoms with E-state index in [1.54, 1.807) is 12.1 Å². The molecule has 0 spiro atoms. The molecule has 0 saturated heterocycles. The van der Waals surface area contributed by atoms with E-state index in [9.17, 15) is 9.18 Å². The highest BCUT2D eigenvalue weighted by atomic mass is 19.1. The highest BCUT2D eigenvalue weighted by Crippen LogP contribution is 2.10. The average Bonchev–Trinajstić information content (AvgIpc) is 2.41. The molecule has 0 saturated carbocycles. The molecule has 110 valence electrons. The fourth-order valence-corrected chi connectivity index (χ4v) is 1.91. The van der Waals surface area contributed by atoms with Crippen molar-refractivity contribution >= 4 is 6.03 Å². The van der Waals surface area contributed by atoms with Gasteiger partial charge < -0.3 is 15.3 Å². The Morgan fingerprint density at radius 1 is 1.55 bits per heavy atom. The number of aryl methyl sites for hydroxylation is 1. The first-order valence-corrected chi connectivity index (χ1v) is 6.58. The summed E-state index contributed by atoms with van der Waals surface area (Å²) in [5.74, 6) is -0.254. The van der Waals surface area contributed by atoms with E-state index in [1.807, 2.05) is 6.92 Å². The molecule has 0 radical (unpaired) electrons. The Morgan fingerprint density at radius 2 is 2.30 bits per heavy atom. The molecular weight excluding hydrogens is 259 g/mol. The summed E-state index contributed by atoms with van der Waals surface area (Å²) >= 11 is 0. The maximum absolute atomic E-state index is 13.0. The number of benzene rings is 1. The molecule has 0 unspecified atom stereocenters. The number of aliphatic hydroxyl groups is 1. The summed E-state index contributed by atoms with van der Waals surface area (Å²) in [5.41, 5.74) is 1.88. The van der Waals surface area contributed by atoms with E-state index in [2.05, 4.69) is 11.9 Å². The van der Waals surface area contributed by atoms with Crippen molar-refractivity contribution in [2.45, 2.75) is 13.3 Å². The van der Waals surface area contributed by atoms with Crippen LogP contribution in [0.1, 0.15) is 11.1 Å². The molecule has 4 nitrogen and oxygen atoms in total. The van der Waals surface area contributed by atoms with Crippen LogP contribution in [0.3, 0.4) is 0 Å². The van der Waals surface area contributed by atoms with Crippen LogP contribution in [-0.4, -0.2) is 42.3 Å². The Hall–Kier alpha value is -1.88. The van der Waals surface area contributed by atoms with Crippen molar-refractivity contribution < 1.29 is 14.3 Å². The topological polar surface area (TPSA) is 52.6 Å². The summed E-state index contributed by atoms with van der Waals surface area (Å²) in [6.45, 7) is 6.46. The Kier molecular flexibility index (Phi) is 6.73. The van der Waals surface area contributed by atoms with E-state index >= 15 is 0 Å². The zero-order chi connectivity index (χ0) is 15.0. The Bertz CT molecular complexity index is 463. The molecule has 0 fully saturated rings. The monoisotopic (exact) mass is 280 g/mol. The highest BCUT2D eigenvalue weighted by molar-refractivity contribution is 5.74. The summed E-state index contributed by atoms with van der Waals surface area (Å²) in [6, 6.07) is 4.39. The second-order valence-corrected chi connectivity index (χ2v) is 4.51. The van der Waals surface area contributed by atoms with E-state index in [4.69, 9.17) is 5.11 Å². The lowest BCUT2D eigenvalue weighted by Gasteiger charge is -2.20. The fourth-order valence-electron chi connectivity index (χ4n) is 1.91. The predicted molar refractivity (Wildman–Crippen MR) is 77.1 cm³/mol. The lowest BCUT2D eigenvalue weighted by molar-refractivity contribution is 0.184. The van der Waals surface area contributed by atoms with Crippen molar-refractivity contribution in [3.05, 3.63) is 47.8 Å². The summed E-state index contributed by atoms with van der Waals surface area (Å²) in [5, 5.41) is 11.7. The van der Waals surface area contributed by atoms with Gasteiger partial charge in [0.2, 0.25) is 0 Å². The molecule has 1 aromatic rings. The SMILES string of the molecule is C=CCN(CCO)C(=O)NCCc1ccc(F)cc1C. The zero-order valence-corrected chi connectivity index (χ0v) is 11.7. The molecule has 2 N–H and O–H groups in total. The minimum absolute atomic E-state index is 0.0850. The summed E-state index contributed by atoms with van der Waals surface area (Å²) in [4.78, 5) is 13.3. The molecule has 0 bridgehead atoms. The number of carbonyl (C=O) groups is 1. The van der Waals surface area contributed by atoms with Crippen LogP contribution in [0, 0.1) is 12.7 Å². The summed E-state index contributed by atoms with van der Waals surface area (Å²) in [7, 11) is 0. The Morgan fingerprint density at radius 3 is 2.90 bits per heavy atom. The number of aliphatic hydroxyl groups excluding tert-OH is 1. The number of hydrogen-bond acceptors (Lipinski definition) is 2. The highest BCUT2D eigenvalue weighted by Gasteiger charge is 2.10. The first-order valence-electron chi connectivity index (χ1n) is 6.58. The van der Waals surface area contributed by atoms with Gasteiger partial charge in [0.15, 0.2) is 0 Å². The quantitative estimate of drug-likeness (QED) is 0.749. The van der Waals surface area contributed by atoms with Crippen LogP contribution in [0.2, 0.25) is 0 Å². The number of hydrogen-bond donors (Lipinski definition) is 2. The molecule has 0 aliphatic rings. The van der Waals surface area contributed by atoms with Gasteiger partial charge in [-0.15, -0.1) is 6.58 Å². The molecule has 0 atom stereocenters. The van der Waals surface area contributed by atoms with Gasteiger partial charge in [-0.1, -0.05) is 12.1 Å². The van der Waals surface area contributed by atoms with Crippen molar-refractivity contribution in [3.63, 3.8) is 0 Å². The van der Waals surface area contributed by atoms with Crippen LogP contribution in [-0.2, 0) is 6.42 Å². The van der Waals surface area contributed by atoms with Crippen molar-refractivity contribution in [3.8, 4) is 0 Å². The lowest BCUT2D eigenvalue weighted by atomic mass is 10.1. The van der Waals surface area contributed by atoms with Gasteiger partial charge in [-0.3, -0.25) is 0 Å². The minimum atomic E-state index is -0.254. The molecule has 0 aromatic heterocycles. The van der Waals surface area contributed by atoms with Gasteiger partial charge in [-0.2, -0.15) is 0 Å². The number of urea groups is 1. The number of carbonyl (C=O) groups excluding carboxylic acids is 1. The van der Waals surface area contributed by atoms with Gasteiger partial charge in [0.1, 0.15) is 5.82 Å². The van der Waals surface area contributed by atoms with Crippen LogP contribution in [0.15, 0.2) is 30.9 Å². The van der Waals surface area contributed by atoms with E-state index in [-0.39, 0.29) is 25.0 Å². The second-order valence-electron chi connectivity index (χ2n) is 4.51. The van der Waals surface area contributed by atoms with Crippen LogP contribution < -0.4 is 5.32 Å². The van der Waals surface area contributed by atoms with Crippen molar-refractivity contribution in [2.24, 2.45) is 0 Å². The maximum atomic E-state index is 13.0. The van der Waals surface area contributed by atoms with Gasteiger partial charge in [0.05, 0.1) is 6.61 Å². The van der Waals surface area contributed by atoms with E-state index in [0.29, 0.717) is 19.5 Å². The van der Waals surface area contributed by atoms with Crippen LogP contribution >= 0.6 is 0 Å². The third kappa shape index (κ3) is 5.01. The first kappa shape index (κ1) is 16.2. The summed E-state index contributed by atoms with van der Waals surface area (Å²) in [6.07, 6.45) is 2.25. The fraction of sp³-hybridized carbons (Fsp3) is 0.400. The van der Waals surface area contributed by atoms with Crippen molar-refractivity contribution in [1.82, 2.24) is 10.2 Å². The largest absolute Gasteiger partial charge is 0.395 e. The van der Waals surface area contributed by atoms with Gasteiger partial charge in [0.25, 0.3) is 0 Å². The second kappa shape index (κ2) is 8.32. The molecule has 2 amide bonds. The molecule has 0 aliphatic heterocycles. The maximum Gasteiger partial charge on any atom is 0.317 e. The van der Waals surface area contributed by atoms with E-state index in [0.717, 1.165) is 11.1 Å². The molecule has 0 heterocycles. The van der Waals surface area contributed by atoms with Gasteiger partial charge >= 0.3 is 6.03 Å². The van der Waals surface area contributed by atoms with Crippen LogP contribution in [0.4, 0.5) is 9.18 Å². The molecule has 20 heavy (non-hydrogen) atoms. The van der Waals surface area contributed by atoms with E-state index in [1.165, 1.54) is 17.0 Å². The standard InChI is InChI=1S/C15H21FN2O2/c1-3-8-18(9-10-19)15(20)17-7-6-13-4-5-14(16)11-12(13)2/h3-5,11,19H,1,6-10H2,2H3,(H,17,20). The Balaban J connectivity index is 2.46. The third-order valence-electron chi connectivity index (χ3n) is 2.98. The molecule has 0 aliphatic carbocycles. The molecule has 5 heteroatoms. The van der Waals surface area contributed by atoms with Gasteiger partial charge in [-0.25, -0.2) is 9.18 Å². The number of rotatable bonds is 7. The molecule has 1 aromatic carbocycles. The first-order chi connectivity index (χ1) is 9.58. The average molecular weight is 280 g/mol. The predicted octanol–water partition coefficient (Wildman–Crippen LogP) is 1.87. The number of nitrogens with one attached hydrogen (secondary N) is 1. The smallest absolute Gasteiger partial charge is 0.317 e. The van der Waals surface area contributed by atoms with E-state index < -0.39 is 0 Å². The zero-order valence-electron chi connectivity index (χ0n) is 11.7. The molecular formula is C15H21FN2O2. The van der Waals surface area contributed by atoms with Gasteiger partial charge in [0, 0.05) is 19.6 Å². The number of amides is 2. The Labute approximate surface area is 118 Å². The number of nitrogens with zero attached hydrogens (tertiary/aromatic N) is 1. The van der Waals surface area contributed by atoms with Crippen LogP contribution in [0.5, 0.6) is 0 Å². The molecule has 1 rings (SSSR count). The van der Waals surface area contributed by atoms with Gasteiger partial charge in [-0.05, 0) is 36.6 Å². The summed E-state index contributed by atoms with van der Waals surface area (Å²) < 4.78 is 13.0. The van der Waals surface area contributed by atoms with Crippen molar-refractivity contribution in [1.29, 1.82) is 0 Å². The van der Waals surface area contributed by atoms with Crippen molar-refractivity contribution in [2.75, 3.05) is 26.2 Å². The third-order valence-corrected chi connectivity index (χ3v) is 2.98. The minimum Gasteiger partial charge on any atom is -0.395 e. The normalized spacial score (nSPS) is 10.2. The van der Waals surface area contributed by atoms with Crippen LogP contribution in [0.25, 0.3) is 0 Å². The number of halogens is 1.